The van der Waals surface area contributed by atoms with E-state index in [1.807, 2.05) is 43.0 Å². The fourth-order valence-electron chi connectivity index (χ4n) is 3.28. The third-order valence-electron chi connectivity index (χ3n) is 4.73. The molecule has 5 nitrogen and oxygen atoms in total. The molecule has 2 aromatic heterocycles. The average molecular weight is 387 g/mol. The zero-order valence-corrected chi connectivity index (χ0v) is 15.8. The Morgan fingerprint density at radius 2 is 2.04 bits per heavy atom. The summed E-state index contributed by atoms with van der Waals surface area (Å²) in [5, 5.41) is 5.38. The van der Waals surface area contributed by atoms with Gasteiger partial charge >= 0.3 is 0 Å². The SMILES string of the molecule is Cc1cc(C(C)N2Cc3c(Cl)cccc3C2=O)cnc1-n1cc(Cl)cn1. The van der Waals surface area contributed by atoms with E-state index in [1.54, 1.807) is 23.3 Å². The number of benzene rings is 1. The number of hydrogen-bond donors (Lipinski definition) is 0. The van der Waals surface area contributed by atoms with Crippen LogP contribution in [0.2, 0.25) is 10.0 Å². The molecule has 7 heteroatoms. The zero-order chi connectivity index (χ0) is 18.4. The molecule has 0 aliphatic carbocycles. The fraction of sp³-hybridized carbons (Fsp3) is 0.211. The first-order valence-electron chi connectivity index (χ1n) is 8.21. The van der Waals surface area contributed by atoms with E-state index in [0.717, 1.165) is 16.7 Å². The summed E-state index contributed by atoms with van der Waals surface area (Å²) in [5.41, 5.74) is 3.48. The number of aryl methyl sites for hydroxylation is 1. The van der Waals surface area contributed by atoms with Crippen LogP contribution < -0.4 is 0 Å². The van der Waals surface area contributed by atoms with Crippen LogP contribution in [0.1, 0.15) is 40.0 Å². The van der Waals surface area contributed by atoms with Gasteiger partial charge in [-0.25, -0.2) is 9.67 Å². The quantitative estimate of drug-likeness (QED) is 0.660. The molecule has 0 saturated heterocycles. The number of halogens is 2. The molecule has 3 aromatic rings. The van der Waals surface area contributed by atoms with Crippen molar-refractivity contribution >= 4 is 29.1 Å². The molecule has 0 bridgehead atoms. The summed E-state index contributed by atoms with van der Waals surface area (Å²) in [4.78, 5) is 19.1. The van der Waals surface area contributed by atoms with Gasteiger partial charge in [-0.05, 0) is 43.2 Å². The standard InChI is InChI=1S/C19H16Cl2N4O/c1-11-6-13(7-22-18(11)25-9-14(20)8-23-25)12(2)24-10-16-15(19(24)26)4-3-5-17(16)21/h3-9,12H,10H2,1-2H3. The number of carbonyl (C=O) groups excluding carboxylic acids is 1. The first-order valence-corrected chi connectivity index (χ1v) is 8.96. The van der Waals surface area contributed by atoms with E-state index >= 15 is 0 Å². The summed E-state index contributed by atoms with van der Waals surface area (Å²) in [6.45, 7) is 4.47. The average Bonchev–Trinajstić information content (AvgIpc) is 3.19. The number of pyridine rings is 1. The third kappa shape index (κ3) is 2.77. The summed E-state index contributed by atoms with van der Waals surface area (Å²) in [5.74, 6) is 0.711. The van der Waals surface area contributed by atoms with Crippen molar-refractivity contribution in [3.05, 3.63) is 75.2 Å². The molecule has 132 valence electrons. The van der Waals surface area contributed by atoms with Gasteiger partial charge in [0.25, 0.3) is 5.91 Å². The third-order valence-corrected chi connectivity index (χ3v) is 5.28. The topological polar surface area (TPSA) is 51.0 Å². The number of amides is 1. The highest BCUT2D eigenvalue weighted by Crippen LogP contribution is 2.34. The molecule has 1 unspecified atom stereocenters. The van der Waals surface area contributed by atoms with Crippen molar-refractivity contribution < 1.29 is 4.79 Å². The molecule has 0 N–H and O–H groups in total. The summed E-state index contributed by atoms with van der Waals surface area (Å²) < 4.78 is 1.64. The second kappa shape index (κ2) is 6.41. The largest absolute Gasteiger partial charge is 0.327 e. The lowest BCUT2D eigenvalue weighted by atomic mass is 10.1. The van der Waals surface area contributed by atoms with E-state index < -0.39 is 0 Å². The molecule has 0 saturated carbocycles. The van der Waals surface area contributed by atoms with Gasteiger partial charge in [0.05, 0.1) is 23.5 Å². The minimum absolute atomic E-state index is 0.00409. The van der Waals surface area contributed by atoms with Gasteiger partial charge in [-0.1, -0.05) is 29.3 Å². The maximum absolute atomic E-state index is 12.8. The number of fused-ring (bicyclic) bond motifs is 1. The van der Waals surface area contributed by atoms with E-state index in [-0.39, 0.29) is 11.9 Å². The smallest absolute Gasteiger partial charge is 0.255 e. The maximum Gasteiger partial charge on any atom is 0.255 e. The first-order chi connectivity index (χ1) is 12.5. The molecule has 0 spiro atoms. The molecule has 3 heterocycles. The highest BCUT2D eigenvalue weighted by Gasteiger charge is 2.32. The van der Waals surface area contributed by atoms with Crippen molar-refractivity contribution in [2.24, 2.45) is 0 Å². The van der Waals surface area contributed by atoms with E-state index in [4.69, 9.17) is 23.2 Å². The zero-order valence-electron chi connectivity index (χ0n) is 14.3. The van der Waals surface area contributed by atoms with Crippen molar-refractivity contribution in [2.75, 3.05) is 0 Å². The molecule has 1 amide bonds. The minimum Gasteiger partial charge on any atom is -0.327 e. The molecule has 0 radical (unpaired) electrons. The fourth-order valence-corrected chi connectivity index (χ4v) is 3.65. The Labute approximate surface area is 161 Å². The lowest BCUT2D eigenvalue weighted by Crippen LogP contribution is -2.27. The molecule has 4 rings (SSSR count). The number of hydrogen-bond acceptors (Lipinski definition) is 3. The van der Waals surface area contributed by atoms with Gasteiger partial charge in [0.1, 0.15) is 0 Å². The van der Waals surface area contributed by atoms with Crippen LogP contribution in [0.5, 0.6) is 0 Å². The Morgan fingerprint density at radius 1 is 1.23 bits per heavy atom. The van der Waals surface area contributed by atoms with E-state index in [2.05, 4.69) is 10.1 Å². The van der Waals surface area contributed by atoms with Crippen molar-refractivity contribution in [1.29, 1.82) is 0 Å². The predicted molar refractivity (Wildman–Crippen MR) is 101 cm³/mol. The Bertz CT molecular complexity index is 1010. The molecular formula is C19H16Cl2N4O. The highest BCUT2D eigenvalue weighted by molar-refractivity contribution is 6.32. The van der Waals surface area contributed by atoms with E-state index in [9.17, 15) is 4.79 Å². The van der Waals surface area contributed by atoms with Gasteiger partial charge in [-0.2, -0.15) is 5.10 Å². The Hall–Kier alpha value is -2.37. The summed E-state index contributed by atoms with van der Waals surface area (Å²) in [7, 11) is 0. The van der Waals surface area contributed by atoms with Crippen LogP contribution in [-0.4, -0.2) is 25.6 Å². The number of carbonyl (C=O) groups is 1. The maximum atomic E-state index is 12.8. The van der Waals surface area contributed by atoms with Gasteiger partial charge in [0.2, 0.25) is 0 Å². The second-order valence-corrected chi connectivity index (χ2v) is 7.23. The normalized spacial score (nSPS) is 14.6. The first kappa shape index (κ1) is 17.1. The van der Waals surface area contributed by atoms with E-state index in [0.29, 0.717) is 28.0 Å². The molecule has 26 heavy (non-hydrogen) atoms. The van der Waals surface area contributed by atoms with E-state index in [1.165, 1.54) is 0 Å². The van der Waals surface area contributed by atoms with Crippen molar-refractivity contribution in [2.45, 2.75) is 26.4 Å². The molecule has 1 aliphatic rings. The summed E-state index contributed by atoms with van der Waals surface area (Å²) in [6, 6.07) is 7.36. The van der Waals surface area contributed by atoms with Crippen molar-refractivity contribution in [3.63, 3.8) is 0 Å². The van der Waals surface area contributed by atoms with Crippen LogP contribution in [0.4, 0.5) is 0 Å². The molecular weight excluding hydrogens is 371 g/mol. The van der Waals surface area contributed by atoms with Gasteiger partial charge < -0.3 is 4.90 Å². The minimum atomic E-state index is -0.118. The molecule has 1 aliphatic heterocycles. The number of rotatable bonds is 3. The lowest BCUT2D eigenvalue weighted by Gasteiger charge is -2.25. The monoisotopic (exact) mass is 386 g/mol. The van der Waals surface area contributed by atoms with Gasteiger partial charge in [-0.15, -0.1) is 0 Å². The molecule has 0 fully saturated rings. The Balaban J connectivity index is 1.63. The van der Waals surface area contributed by atoms with Gasteiger partial charge in [-0.3, -0.25) is 4.79 Å². The van der Waals surface area contributed by atoms with Crippen LogP contribution in [0, 0.1) is 6.92 Å². The van der Waals surface area contributed by atoms with Crippen LogP contribution in [-0.2, 0) is 6.54 Å². The highest BCUT2D eigenvalue weighted by atomic mass is 35.5. The van der Waals surface area contributed by atoms with Crippen LogP contribution in [0.25, 0.3) is 5.82 Å². The Morgan fingerprint density at radius 3 is 2.69 bits per heavy atom. The van der Waals surface area contributed by atoms with Gasteiger partial charge in [0.15, 0.2) is 5.82 Å². The summed E-state index contributed by atoms with van der Waals surface area (Å²) in [6.07, 6.45) is 5.06. The molecule has 1 aromatic carbocycles. The van der Waals surface area contributed by atoms with Crippen molar-refractivity contribution in [3.8, 4) is 5.82 Å². The van der Waals surface area contributed by atoms with Crippen LogP contribution >= 0.6 is 23.2 Å². The predicted octanol–water partition coefficient (Wildman–Crippen LogP) is 4.60. The number of nitrogens with zero attached hydrogens (tertiary/aromatic N) is 4. The summed E-state index contributed by atoms with van der Waals surface area (Å²) >= 11 is 12.2. The lowest BCUT2D eigenvalue weighted by molar-refractivity contribution is 0.0715. The Kier molecular flexibility index (Phi) is 4.21. The second-order valence-electron chi connectivity index (χ2n) is 6.39. The van der Waals surface area contributed by atoms with Gasteiger partial charge in [0, 0.05) is 28.9 Å². The number of aromatic nitrogens is 3. The van der Waals surface area contributed by atoms with Crippen LogP contribution in [0.15, 0.2) is 42.9 Å². The van der Waals surface area contributed by atoms with Crippen LogP contribution in [0.3, 0.4) is 0 Å². The molecule has 1 atom stereocenters. The van der Waals surface area contributed by atoms with Crippen molar-refractivity contribution in [1.82, 2.24) is 19.7 Å².